The molecule has 0 radical (unpaired) electrons. The van der Waals surface area contributed by atoms with Crippen LogP contribution in [0.4, 0.5) is 19.1 Å². The van der Waals surface area contributed by atoms with Crippen LogP contribution in [-0.4, -0.2) is 70.2 Å². The number of esters is 1. The van der Waals surface area contributed by atoms with Gasteiger partial charge in [-0.15, -0.1) is 0 Å². The van der Waals surface area contributed by atoms with E-state index >= 15 is 0 Å². The largest absolute Gasteiger partial charge is 0.523 e. The lowest BCUT2D eigenvalue weighted by Crippen LogP contribution is -2.44. The summed E-state index contributed by atoms with van der Waals surface area (Å²) in [6, 6.07) is 27.5. The number of hydrogen-bond acceptors (Lipinski definition) is 11. The van der Waals surface area contributed by atoms with Crippen LogP contribution in [0.25, 0.3) is 11.2 Å². The van der Waals surface area contributed by atoms with Crippen molar-refractivity contribution in [3.05, 3.63) is 120 Å². The normalized spacial score (nSPS) is 19.4. The van der Waals surface area contributed by atoms with Crippen LogP contribution in [0.15, 0.2) is 104 Å². The number of nitrogens with zero attached hydrogens (tertiary/aromatic N) is 4. The number of aromatic nitrogens is 4. The Labute approximate surface area is 302 Å². The van der Waals surface area contributed by atoms with E-state index in [0.717, 1.165) is 17.8 Å². The van der Waals surface area contributed by atoms with Crippen molar-refractivity contribution in [3.8, 4) is 0 Å². The van der Waals surface area contributed by atoms with E-state index < -0.39 is 70.2 Å². The van der Waals surface area contributed by atoms with Gasteiger partial charge in [0.2, 0.25) is 11.9 Å². The number of carbonyl (C=O) groups excluding carboxylic acids is 2. The van der Waals surface area contributed by atoms with Gasteiger partial charge in [-0.1, -0.05) is 105 Å². The summed E-state index contributed by atoms with van der Waals surface area (Å²) < 4.78 is 91.2. The van der Waals surface area contributed by atoms with Gasteiger partial charge in [-0.25, -0.2) is 9.97 Å². The molecule has 278 valence electrons. The van der Waals surface area contributed by atoms with E-state index in [9.17, 15) is 31.2 Å². The van der Waals surface area contributed by atoms with Crippen molar-refractivity contribution in [3.63, 3.8) is 0 Å². The third kappa shape index (κ3) is 7.64. The number of carbonyl (C=O) groups is 2. The van der Waals surface area contributed by atoms with Gasteiger partial charge in [-0.3, -0.25) is 23.7 Å². The van der Waals surface area contributed by atoms with E-state index in [0.29, 0.717) is 16.7 Å². The smallest absolute Gasteiger partial charge is 0.457 e. The van der Waals surface area contributed by atoms with Crippen molar-refractivity contribution in [2.45, 2.75) is 56.4 Å². The highest BCUT2D eigenvalue weighted by Crippen LogP contribution is 2.43. The Morgan fingerprint density at radius 2 is 1.43 bits per heavy atom. The van der Waals surface area contributed by atoms with E-state index in [4.69, 9.17) is 18.4 Å². The van der Waals surface area contributed by atoms with Gasteiger partial charge < -0.3 is 14.2 Å². The van der Waals surface area contributed by atoms with Crippen molar-refractivity contribution in [2.75, 3.05) is 11.9 Å². The van der Waals surface area contributed by atoms with E-state index in [1.165, 1.54) is 6.20 Å². The van der Waals surface area contributed by atoms with Crippen LogP contribution in [0.2, 0.25) is 0 Å². The molecule has 4 atom stereocenters. The quantitative estimate of drug-likeness (QED) is 0.0743. The third-order valence-electron chi connectivity index (χ3n) is 8.46. The van der Waals surface area contributed by atoms with Gasteiger partial charge in [0, 0.05) is 12.8 Å². The highest BCUT2D eigenvalue weighted by atomic mass is 32.2. The van der Waals surface area contributed by atoms with Crippen molar-refractivity contribution < 1.29 is 49.6 Å². The summed E-state index contributed by atoms with van der Waals surface area (Å²) in [5.74, 6) is -1.98. The molecule has 17 heteroatoms. The van der Waals surface area contributed by atoms with Gasteiger partial charge in [0.05, 0.1) is 19.1 Å². The maximum absolute atomic E-state index is 13.8. The topological polar surface area (TPSA) is 161 Å². The number of benzene rings is 3. The maximum atomic E-state index is 13.8. The van der Waals surface area contributed by atoms with Crippen LogP contribution in [0.5, 0.6) is 0 Å². The minimum absolute atomic E-state index is 0.0580. The first kappa shape index (κ1) is 37.5. The fraction of sp³-hybridized carbons (Fsp3) is 0.306. The predicted molar refractivity (Wildman–Crippen MR) is 183 cm³/mol. The fourth-order valence-electron chi connectivity index (χ4n) is 6.01. The Kier molecular flexibility index (Phi) is 10.6. The summed E-state index contributed by atoms with van der Waals surface area (Å²) in [7, 11) is -6.29. The van der Waals surface area contributed by atoms with Crippen molar-refractivity contribution in [1.82, 2.24) is 19.5 Å². The molecule has 0 spiro atoms. The zero-order valence-electron chi connectivity index (χ0n) is 28.5. The SMILES string of the molecule is CC(=O)O[C@H]1[C@@H](OS(=O)(=O)C(F)(F)F)[C@H](n2cnc3cnc(NC(=O)C(C)C)nc32)O[C@@H]1COC(c1ccccc1)(c1ccccc1)c1ccccc1. The van der Waals surface area contributed by atoms with Gasteiger partial charge >= 0.3 is 21.6 Å². The van der Waals surface area contributed by atoms with Crippen LogP contribution >= 0.6 is 0 Å². The molecule has 3 aromatic carbocycles. The monoisotopic (exact) mass is 753 g/mol. The van der Waals surface area contributed by atoms with Crippen LogP contribution in [0.1, 0.15) is 43.7 Å². The summed E-state index contributed by atoms with van der Waals surface area (Å²) >= 11 is 0. The Morgan fingerprint density at radius 1 is 0.887 bits per heavy atom. The maximum Gasteiger partial charge on any atom is 0.523 e. The molecule has 1 fully saturated rings. The number of hydrogen-bond donors (Lipinski definition) is 1. The van der Waals surface area contributed by atoms with Gasteiger partial charge in [0.1, 0.15) is 17.2 Å². The Bertz CT molecular complexity index is 2070. The van der Waals surface area contributed by atoms with E-state index in [1.807, 2.05) is 91.0 Å². The minimum atomic E-state index is -6.29. The van der Waals surface area contributed by atoms with Crippen LogP contribution < -0.4 is 5.32 Å². The number of alkyl halides is 3. The number of nitrogens with one attached hydrogen (secondary N) is 1. The van der Waals surface area contributed by atoms with Crippen molar-refractivity contribution >= 4 is 39.1 Å². The highest BCUT2D eigenvalue weighted by molar-refractivity contribution is 7.87. The lowest BCUT2D eigenvalue weighted by molar-refractivity contribution is -0.155. The number of imidazole rings is 1. The minimum Gasteiger partial charge on any atom is -0.457 e. The fourth-order valence-corrected chi connectivity index (χ4v) is 6.61. The first-order valence-electron chi connectivity index (χ1n) is 16.3. The van der Waals surface area contributed by atoms with Gasteiger partial charge in [0.25, 0.3) is 0 Å². The molecule has 3 heterocycles. The van der Waals surface area contributed by atoms with E-state index in [-0.39, 0.29) is 17.1 Å². The first-order valence-corrected chi connectivity index (χ1v) is 17.8. The lowest BCUT2D eigenvalue weighted by Gasteiger charge is -2.37. The number of fused-ring (bicyclic) bond motifs is 1. The second-order valence-electron chi connectivity index (χ2n) is 12.4. The zero-order chi connectivity index (χ0) is 38.0. The molecule has 0 unspecified atom stereocenters. The molecule has 6 rings (SSSR count). The zero-order valence-corrected chi connectivity index (χ0v) is 29.3. The molecule has 2 aromatic heterocycles. The predicted octanol–water partition coefficient (Wildman–Crippen LogP) is 5.49. The number of halogens is 3. The highest BCUT2D eigenvalue weighted by Gasteiger charge is 2.57. The molecule has 1 aliphatic heterocycles. The van der Waals surface area contributed by atoms with Gasteiger partial charge in [-0.05, 0) is 16.7 Å². The number of ether oxygens (including phenoxy) is 3. The molecular weight excluding hydrogens is 719 g/mol. The van der Waals surface area contributed by atoms with Crippen molar-refractivity contribution in [2.24, 2.45) is 5.92 Å². The molecule has 0 saturated carbocycles. The molecule has 5 aromatic rings. The third-order valence-corrected chi connectivity index (χ3v) is 9.51. The summed E-state index contributed by atoms with van der Waals surface area (Å²) in [5, 5.41) is 2.53. The molecule has 1 saturated heterocycles. The number of anilines is 1. The lowest BCUT2D eigenvalue weighted by atomic mass is 9.80. The molecule has 53 heavy (non-hydrogen) atoms. The average molecular weight is 754 g/mol. The second-order valence-corrected chi connectivity index (χ2v) is 14.0. The summed E-state index contributed by atoms with van der Waals surface area (Å²) in [5.41, 5.74) is -5.10. The molecular formula is C36H34F3N5O8S. The standard InChI is InChI=1S/C36H34F3N5O8S/c1-22(2)32(46)43-34-40-19-27-31(42-34)44(21-41-27)33-30(52-53(47,48)36(37,38)39)29(50-23(3)45)28(51-33)20-49-35(24-13-7-4-8-14-24,25-15-9-5-10-16-25)26-17-11-6-12-18-26/h4-19,21-22,28-30,33H,20H2,1-3H3,(H,40,42,43,46)/t28-,29-,30-,33-/m1/s1. The molecule has 1 amide bonds. The summed E-state index contributed by atoms with van der Waals surface area (Å²) in [6.07, 6.45) is -4.67. The Morgan fingerprint density at radius 3 is 1.92 bits per heavy atom. The second kappa shape index (κ2) is 15.0. The average Bonchev–Trinajstić information content (AvgIpc) is 3.69. The van der Waals surface area contributed by atoms with Crippen molar-refractivity contribution in [1.29, 1.82) is 0 Å². The Hall–Kier alpha value is -5.23. The van der Waals surface area contributed by atoms with E-state index in [2.05, 4.69) is 20.3 Å². The van der Waals surface area contributed by atoms with Crippen LogP contribution in [0, 0.1) is 5.92 Å². The first-order chi connectivity index (χ1) is 25.2. The van der Waals surface area contributed by atoms with Crippen LogP contribution in [-0.2, 0) is 43.7 Å². The van der Waals surface area contributed by atoms with Gasteiger partial charge in [-0.2, -0.15) is 26.6 Å². The van der Waals surface area contributed by atoms with E-state index in [1.54, 1.807) is 13.8 Å². The summed E-state index contributed by atoms with van der Waals surface area (Å²) in [4.78, 5) is 37.5. The number of amides is 1. The Balaban J connectivity index is 1.47. The number of rotatable bonds is 12. The molecule has 1 aliphatic rings. The molecule has 1 N–H and O–H groups in total. The van der Waals surface area contributed by atoms with Gasteiger partial charge in [0.15, 0.2) is 24.1 Å². The molecule has 0 aliphatic carbocycles. The van der Waals surface area contributed by atoms with Crippen LogP contribution in [0.3, 0.4) is 0 Å². The molecule has 13 nitrogen and oxygen atoms in total. The molecule has 0 bridgehead atoms. The summed E-state index contributed by atoms with van der Waals surface area (Å²) in [6.45, 7) is 3.84.